The quantitative estimate of drug-likeness (QED) is 0.652. The van der Waals surface area contributed by atoms with Gasteiger partial charge in [-0.15, -0.1) is 0 Å². The molecule has 0 aliphatic rings. The Labute approximate surface area is 153 Å². The zero-order valence-corrected chi connectivity index (χ0v) is 15.1. The van der Waals surface area contributed by atoms with Gasteiger partial charge >= 0.3 is 0 Å². The van der Waals surface area contributed by atoms with Crippen LogP contribution < -0.4 is 20.1 Å². The Morgan fingerprint density at radius 1 is 0.923 bits per heavy atom. The number of anilines is 4. The molecule has 0 unspecified atom stereocenters. The number of aromatic nitrogens is 2. The van der Waals surface area contributed by atoms with Gasteiger partial charge in [-0.05, 0) is 36.2 Å². The molecule has 6 heteroatoms. The van der Waals surface area contributed by atoms with E-state index in [2.05, 4.69) is 33.6 Å². The third-order valence-electron chi connectivity index (χ3n) is 3.97. The van der Waals surface area contributed by atoms with Gasteiger partial charge in [0.25, 0.3) is 0 Å². The topological polar surface area (TPSA) is 68.3 Å². The largest absolute Gasteiger partial charge is 0.497 e. The summed E-state index contributed by atoms with van der Waals surface area (Å²) >= 11 is 0. The Bertz CT molecular complexity index is 883. The molecule has 2 N–H and O–H groups in total. The summed E-state index contributed by atoms with van der Waals surface area (Å²) in [6.07, 6.45) is 2.65. The lowest BCUT2D eigenvalue weighted by atomic mass is 10.1. The fourth-order valence-corrected chi connectivity index (χ4v) is 2.60. The Morgan fingerprint density at radius 2 is 1.77 bits per heavy atom. The zero-order chi connectivity index (χ0) is 18.4. The van der Waals surface area contributed by atoms with Crippen molar-refractivity contribution in [3.63, 3.8) is 0 Å². The molecule has 26 heavy (non-hydrogen) atoms. The van der Waals surface area contributed by atoms with E-state index >= 15 is 0 Å². The van der Waals surface area contributed by atoms with E-state index in [-0.39, 0.29) is 0 Å². The van der Waals surface area contributed by atoms with Crippen molar-refractivity contribution in [1.82, 2.24) is 9.97 Å². The number of para-hydroxylation sites is 1. The van der Waals surface area contributed by atoms with Crippen LogP contribution in [0, 0.1) is 0 Å². The summed E-state index contributed by atoms with van der Waals surface area (Å²) in [7, 11) is 3.24. The third-order valence-corrected chi connectivity index (χ3v) is 3.97. The second kappa shape index (κ2) is 8.20. The normalized spacial score (nSPS) is 10.3. The molecule has 0 spiro atoms. The molecule has 0 aliphatic carbocycles. The number of nitrogens with zero attached hydrogens (tertiary/aromatic N) is 2. The fourth-order valence-electron chi connectivity index (χ4n) is 2.60. The summed E-state index contributed by atoms with van der Waals surface area (Å²) < 4.78 is 10.6. The van der Waals surface area contributed by atoms with E-state index in [1.54, 1.807) is 26.5 Å². The van der Waals surface area contributed by atoms with Crippen LogP contribution in [0.3, 0.4) is 0 Å². The highest BCUT2D eigenvalue weighted by atomic mass is 16.5. The van der Waals surface area contributed by atoms with Crippen LogP contribution in [-0.4, -0.2) is 24.2 Å². The second-order valence-corrected chi connectivity index (χ2v) is 5.59. The number of nitrogens with one attached hydrogen (secondary N) is 2. The SMILES string of the molecule is CCc1ccccc1Nc1nccc(Nc2ccc(OC)cc2OC)n1. The van der Waals surface area contributed by atoms with Crippen LogP contribution >= 0.6 is 0 Å². The van der Waals surface area contributed by atoms with Gasteiger partial charge in [0.2, 0.25) is 5.95 Å². The van der Waals surface area contributed by atoms with Crippen molar-refractivity contribution in [2.24, 2.45) is 0 Å². The zero-order valence-electron chi connectivity index (χ0n) is 15.1. The number of aryl methyl sites for hydroxylation is 1. The number of ether oxygens (including phenoxy) is 2. The van der Waals surface area contributed by atoms with Crippen molar-refractivity contribution in [1.29, 1.82) is 0 Å². The molecule has 3 rings (SSSR count). The summed E-state index contributed by atoms with van der Waals surface area (Å²) in [4.78, 5) is 8.84. The summed E-state index contributed by atoms with van der Waals surface area (Å²) in [5.41, 5.74) is 3.02. The van der Waals surface area contributed by atoms with E-state index in [9.17, 15) is 0 Å². The van der Waals surface area contributed by atoms with E-state index in [0.29, 0.717) is 17.5 Å². The summed E-state index contributed by atoms with van der Waals surface area (Å²) in [5.74, 6) is 2.60. The van der Waals surface area contributed by atoms with Gasteiger partial charge in [-0.1, -0.05) is 25.1 Å². The standard InChI is InChI=1S/C20H22N4O2/c1-4-14-7-5-6-8-16(14)23-20-21-12-11-19(24-20)22-17-10-9-15(25-2)13-18(17)26-3/h5-13H,4H2,1-3H3,(H2,21,22,23,24). The van der Waals surface area contributed by atoms with Gasteiger partial charge in [-0.3, -0.25) is 0 Å². The van der Waals surface area contributed by atoms with Crippen LogP contribution in [0.4, 0.5) is 23.1 Å². The van der Waals surface area contributed by atoms with Crippen molar-refractivity contribution >= 4 is 23.1 Å². The molecule has 0 atom stereocenters. The molecule has 0 saturated heterocycles. The molecule has 1 aromatic heterocycles. The maximum absolute atomic E-state index is 5.41. The van der Waals surface area contributed by atoms with Gasteiger partial charge in [0.1, 0.15) is 17.3 Å². The van der Waals surface area contributed by atoms with E-state index in [0.717, 1.165) is 23.5 Å². The molecule has 0 amide bonds. The maximum atomic E-state index is 5.41. The molecule has 0 aliphatic heterocycles. The number of methoxy groups -OCH3 is 2. The number of benzene rings is 2. The minimum absolute atomic E-state index is 0.531. The summed E-state index contributed by atoms with van der Waals surface area (Å²) in [5, 5.41) is 6.54. The molecule has 0 fully saturated rings. The van der Waals surface area contributed by atoms with Crippen molar-refractivity contribution in [3.8, 4) is 11.5 Å². The Kier molecular flexibility index (Phi) is 5.53. The van der Waals surface area contributed by atoms with Crippen LogP contribution in [0.25, 0.3) is 0 Å². The summed E-state index contributed by atoms with van der Waals surface area (Å²) in [6.45, 7) is 2.12. The Balaban J connectivity index is 1.82. The predicted molar refractivity (Wildman–Crippen MR) is 104 cm³/mol. The average Bonchev–Trinajstić information content (AvgIpc) is 2.69. The molecular formula is C20H22N4O2. The highest BCUT2D eigenvalue weighted by Gasteiger charge is 2.08. The van der Waals surface area contributed by atoms with Crippen LogP contribution in [0.1, 0.15) is 12.5 Å². The van der Waals surface area contributed by atoms with Crippen molar-refractivity contribution in [2.75, 3.05) is 24.9 Å². The van der Waals surface area contributed by atoms with Crippen molar-refractivity contribution in [3.05, 3.63) is 60.3 Å². The maximum Gasteiger partial charge on any atom is 0.229 e. The minimum Gasteiger partial charge on any atom is -0.497 e. The monoisotopic (exact) mass is 350 g/mol. The average molecular weight is 350 g/mol. The van der Waals surface area contributed by atoms with Gasteiger partial charge in [0.05, 0.1) is 19.9 Å². The van der Waals surface area contributed by atoms with Gasteiger partial charge in [-0.25, -0.2) is 4.98 Å². The molecule has 3 aromatic rings. The minimum atomic E-state index is 0.531. The molecule has 2 aromatic carbocycles. The highest BCUT2D eigenvalue weighted by Crippen LogP contribution is 2.31. The van der Waals surface area contributed by atoms with E-state index < -0.39 is 0 Å². The first-order valence-corrected chi connectivity index (χ1v) is 8.40. The predicted octanol–water partition coefficient (Wildman–Crippen LogP) is 4.54. The number of rotatable bonds is 7. The smallest absolute Gasteiger partial charge is 0.229 e. The van der Waals surface area contributed by atoms with Crippen LogP contribution in [0.2, 0.25) is 0 Å². The molecule has 6 nitrogen and oxygen atoms in total. The van der Waals surface area contributed by atoms with Crippen LogP contribution in [0.15, 0.2) is 54.7 Å². The first-order chi connectivity index (χ1) is 12.7. The highest BCUT2D eigenvalue weighted by molar-refractivity contribution is 5.67. The van der Waals surface area contributed by atoms with Gasteiger partial charge in [0, 0.05) is 18.0 Å². The lowest BCUT2D eigenvalue weighted by Crippen LogP contribution is -2.02. The van der Waals surface area contributed by atoms with Gasteiger partial charge in [-0.2, -0.15) is 4.98 Å². The summed E-state index contributed by atoms with van der Waals surface area (Å²) in [6, 6.07) is 15.5. The van der Waals surface area contributed by atoms with Crippen LogP contribution in [0.5, 0.6) is 11.5 Å². The van der Waals surface area contributed by atoms with Crippen LogP contribution in [-0.2, 0) is 6.42 Å². The number of hydrogen-bond acceptors (Lipinski definition) is 6. The second-order valence-electron chi connectivity index (χ2n) is 5.59. The van der Waals surface area contributed by atoms with Crippen molar-refractivity contribution in [2.45, 2.75) is 13.3 Å². The molecule has 0 radical (unpaired) electrons. The Morgan fingerprint density at radius 3 is 2.54 bits per heavy atom. The molecule has 1 heterocycles. The lowest BCUT2D eigenvalue weighted by molar-refractivity contribution is 0.395. The number of hydrogen-bond donors (Lipinski definition) is 2. The van der Waals surface area contributed by atoms with Gasteiger partial charge < -0.3 is 20.1 Å². The van der Waals surface area contributed by atoms with Gasteiger partial charge in [0.15, 0.2) is 0 Å². The van der Waals surface area contributed by atoms with E-state index in [4.69, 9.17) is 9.47 Å². The fraction of sp³-hybridized carbons (Fsp3) is 0.200. The first kappa shape index (κ1) is 17.5. The molecule has 0 saturated carbocycles. The third kappa shape index (κ3) is 4.03. The van der Waals surface area contributed by atoms with E-state index in [1.807, 2.05) is 36.4 Å². The molecular weight excluding hydrogens is 328 g/mol. The lowest BCUT2D eigenvalue weighted by Gasteiger charge is -2.13. The Hall–Kier alpha value is -3.28. The molecule has 134 valence electrons. The first-order valence-electron chi connectivity index (χ1n) is 8.40. The van der Waals surface area contributed by atoms with E-state index in [1.165, 1.54) is 5.56 Å². The molecule has 0 bridgehead atoms. The van der Waals surface area contributed by atoms with Crippen molar-refractivity contribution < 1.29 is 9.47 Å².